The largest absolute Gasteiger partial charge is 0.300 e. The molecule has 0 spiro atoms. The van der Waals surface area contributed by atoms with Crippen molar-refractivity contribution in [2.75, 3.05) is 0 Å². The minimum atomic E-state index is 0.232. The molecule has 2 nitrogen and oxygen atoms in total. The van der Waals surface area contributed by atoms with E-state index in [1.165, 1.54) is 5.56 Å². The van der Waals surface area contributed by atoms with E-state index in [0.29, 0.717) is 6.42 Å². The van der Waals surface area contributed by atoms with Crippen molar-refractivity contribution in [2.45, 2.75) is 19.8 Å². The lowest BCUT2D eigenvalue weighted by Gasteiger charge is -2.05. The lowest BCUT2D eigenvalue weighted by Crippen LogP contribution is -1.94. The quantitative estimate of drug-likeness (QED) is 0.705. The van der Waals surface area contributed by atoms with Gasteiger partial charge in [-0.15, -0.1) is 0 Å². The van der Waals surface area contributed by atoms with Crippen LogP contribution in [0.4, 0.5) is 0 Å². The predicted molar refractivity (Wildman–Crippen MR) is 86.2 cm³/mol. The summed E-state index contributed by atoms with van der Waals surface area (Å²) in [4.78, 5) is 15.7. The Morgan fingerprint density at radius 3 is 2.48 bits per heavy atom. The van der Waals surface area contributed by atoms with Crippen LogP contribution in [0.25, 0.3) is 22.2 Å². The van der Waals surface area contributed by atoms with Gasteiger partial charge in [-0.3, -0.25) is 0 Å². The zero-order valence-corrected chi connectivity index (χ0v) is 12.0. The molecule has 0 N–H and O–H groups in total. The van der Waals surface area contributed by atoms with Crippen LogP contribution in [0, 0.1) is 0 Å². The Morgan fingerprint density at radius 2 is 1.71 bits per heavy atom. The highest BCUT2D eigenvalue weighted by atomic mass is 16.1. The van der Waals surface area contributed by atoms with Crippen LogP contribution in [-0.4, -0.2) is 10.8 Å². The fourth-order valence-electron chi connectivity index (χ4n) is 2.39. The zero-order chi connectivity index (χ0) is 14.7. The number of aryl methyl sites for hydroxylation is 1. The number of pyridine rings is 1. The molecule has 0 aliphatic carbocycles. The van der Waals surface area contributed by atoms with E-state index in [9.17, 15) is 4.79 Å². The van der Waals surface area contributed by atoms with Gasteiger partial charge in [0.2, 0.25) is 0 Å². The second-order valence-electron chi connectivity index (χ2n) is 5.29. The molecular formula is C19H17NO. The Labute approximate surface area is 124 Å². The Morgan fingerprint density at radius 1 is 0.952 bits per heavy atom. The number of carbonyl (C=O) groups is 1. The van der Waals surface area contributed by atoms with Gasteiger partial charge in [0.05, 0.1) is 11.2 Å². The number of hydrogen-bond donors (Lipinski definition) is 0. The summed E-state index contributed by atoms with van der Waals surface area (Å²) in [6.07, 6.45) is 1.41. The number of benzene rings is 2. The van der Waals surface area contributed by atoms with E-state index in [0.717, 1.165) is 28.6 Å². The van der Waals surface area contributed by atoms with Crippen LogP contribution in [0.2, 0.25) is 0 Å². The Balaban J connectivity index is 1.86. The molecule has 0 amide bonds. The first-order chi connectivity index (χ1) is 10.2. The van der Waals surface area contributed by atoms with Crippen molar-refractivity contribution in [3.05, 3.63) is 66.2 Å². The van der Waals surface area contributed by atoms with E-state index < -0.39 is 0 Å². The number of nitrogens with zero attached hydrogens (tertiary/aromatic N) is 1. The minimum Gasteiger partial charge on any atom is -0.300 e. The van der Waals surface area contributed by atoms with Gasteiger partial charge in [0.15, 0.2) is 0 Å². The molecule has 0 unspecified atom stereocenters. The Hall–Kier alpha value is -2.48. The monoisotopic (exact) mass is 275 g/mol. The second kappa shape index (κ2) is 5.88. The first-order valence-corrected chi connectivity index (χ1v) is 7.17. The normalized spacial score (nSPS) is 10.7. The molecule has 1 aromatic heterocycles. The highest BCUT2D eigenvalue weighted by molar-refractivity contribution is 5.81. The number of fused-ring (bicyclic) bond motifs is 1. The van der Waals surface area contributed by atoms with Gasteiger partial charge in [0.25, 0.3) is 0 Å². The SMILES string of the molecule is CC(=O)CCc1ccc(-c2ccc3ccccc3n2)cc1. The molecule has 104 valence electrons. The number of Topliss-reactive ketones (excluding diaryl/α,β-unsaturated/α-hetero) is 1. The van der Waals surface area contributed by atoms with Gasteiger partial charge < -0.3 is 4.79 Å². The molecule has 0 bridgehead atoms. The van der Waals surface area contributed by atoms with Crippen LogP contribution in [-0.2, 0) is 11.2 Å². The first-order valence-electron chi connectivity index (χ1n) is 7.17. The van der Waals surface area contributed by atoms with Gasteiger partial charge in [-0.05, 0) is 31.0 Å². The van der Waals surface area contributed by atoms with Crippen molar-refractivity contribution in [1.82, 2.24) is 4.98 Å². The van der Waals surface area contributed by atoms with Gasteiger partial charge in [0, 0.05) is 17.4 Å². The predicted octanol–water partition coefficient (Wildman–Crippen LogP) is 4.42. The maximum Gasteiger partial charge on any atom is 0.130 e. The Bertz CT molecular complexity index is 775. The van der Waals surface area contributed by atoms with Gasteiger partial charge in [-0.25, -0.2) is 4.98 Å². The zero-order valence-electron chi connectivity index (χ0n) is 12.0. The average Bonchev–Trinajstić information content (AvgIpc) is 2.53. The molecule has 0 atom stereocenters. The summed E-state index contributed by atoms with van der Waals surface area (Å²) in [5.41, 5.74) is 4.28. The maximum absolute atomic E-state index is 11.0. The molecule has 0 aliphatic heterocycles. The molecular weight excluding hydrogens is 258 g/mol. The smallest absolute Gasteiger partial charge is 0.130 e. The average molecular weight is 275 g/mol. The van der Waals surface area contributed by atoms with E-state index in [2.05, 4.69) is 36.4 Å². The molecule has 2 aromatic carbocycles. The van der Waals surface area contributed by atoms with Crippen molar-refractivity contribution in [1.29, 1.82) is 0 Å². The van der Waals surface area contributed by atoms with Crippen molar-refractivity contribution >= 4 is 16.7 Å². The fraction of sp³-hybridized carbons (Fsp3) is 0.158. The summed E-state index contributed by atoms with van der Waals surface area (Å²) in [7, 11) is 0. The number of para-hydroxylation sites is 1. The molecule has 3 aromatic rings. The summed E-state index contributed by atoms with van der Waals surface area (Å²) in [6, 6.07) is 20.6. The first kappa shape index (κ1) is 13.5. The Kier molecular flexibility index (Phi) is 3.78. The third-order valence-electron chi connectivity index (χ3n) is 3.61. The third-order valence-corrected chi connectivity index (χ3v) is 3.61. The molecule has 3 rings (SSSR count). The van der Waals surface area contributed by atoms with Crippen LogP contribution in [0.15, 0.2) is 60.7 Å². The number of rotatable bonds is 4. The fourth-order valence-corrected chi connectivity index (χ4v) is 2.39. The van der Waals surface area contributed by atoms with Gasteiger partial charge in [-0.2, -0.15) is 0 Å². The standard InChI is InChI=1S/C19H17NO/c1-14(21)6-7-15-8-10-17(11-9-15)19-13-12-16-4-2-3-5-18(16)20-19/h2-5,8-13H,6-7H2,1H3. The molecule has 0 fully saturated rings. The summed E-state index contributed by atoms with van der Waals surface area (Å²) < 4.78 is 0. The van der Waals surface area contributed by atoms with Crippen molar-refractivity contribution in [2.24, 2.45) is 0 Å². The number of aromatic nitrogens is 1. The highest BCUT2D eigenvalue weighted by Crippen LogP contribution is 2.21. The van der Waals surface area contributed by atoms with Crippen LogP contribution in [0.1, 0.15) is 18.9 Å². The molecule has 0 radical (unpaired) electrons. The lowest BCUT2D eigenvalue weighted by atomic mass is 10.0. The molecule has 21 heavy (non-hydrogen) atoms. The van der Waals surface area contributed by atoms with Crippen molar-refractivity contribution < 1.29 is 4.79 Å². The molecule has 0 saturated heterocycles. The third kappa shape index (κ3) is 3.16. The van der Waals surface area contributed by atoms with E-state index in [4.69, 9.17) is 4.98 Å². The van der Waals surface area contributed by atoms with Crippen LogP contribution >= 0.6 is 0 Å². The van der Waals surface area contributed by atoms with E-state index >= 15 is 0 Å². The number of hydrogen-bond acceptors (Lipinski definition) is 2. The number of ketones is 1. The maximum atomic E-state index is 11.0. The van der Waals surface area contributed by atoms with E-state index in [1.54, 1.807) is 6.92 Å². The topological polar surface area (TPSA) is 30.0 Å². The lowest BCUT2D eigenvalue weighted by molar-refractivity contribution is -0.116. The van der Waals surface area contributed by atoms with Crippen molar-refractivity contribution in [3.8, 4) is 11.3 Å². The van der Waals surface area contributed by atoms with Crippen LogP contribution in [0.5, 0.6) is 0 Å². The van der Waals surface area contributed by atoms with E-state index in [1.807, 2.05) is 24.3 Å². The van der Waals surface area contributed by atoms with Crippen molar-refractivity contribution in [3.63, 3.8) is 0 Å². The van der Waals surface area contributed by atoms with E-state index in [-0.39, 0.29) is 5.78 Å². The highest BCUT2D eigenvalue weighted by Gasteiger charge is 2.02. The van der Waals surface area contributed by atoms with Crippen LogP contribution < -0.4 is 0 Å². The molecule has 2 heteroatoms. The van der Waals surface area contributed by atoms with Gasteiger partial charge in [0.1, 0.15) is 5.78 Å². The molecule has 0 aliphatic rings. The summed E-state index contributed by atoms with van der Waals surface area (Å²) >= 11 is 0. The summed E-state index contributed by atoms with van der Waals surface area (Å²) in [6.45, 7) is 1.63. The van der Waals surface area contributed by atoms with Crippen LogP contribution in [0.3, 0.4) is 0 Å². The second-order valence-corrected chi connectivity index (χ2v) is 5.29. The minimum absolute atomic E-state index is 0.232. The molecule has 1 heterocycles. The van der Waals surface area contributed by atoms with Gasteiger partial charge in [-0.1, -0.05) is 48.5 Å². The summed E-state index contributed by atoms with van der Waals surface area (Å²) in [5.74, 6) is 0.232. The number of carbonyl (C=O) groups excluding carboxylic acids is 1. The summed E-state index contributed by atoms with van der Waals surface area (Å²) in [5, 5.41) is 1.15. The van der Waals surface area contributed by atoms with Gasteiger partial charge >= 0.3 is 0 Å². The molecule has 0 saturated carbocycles.